The van der Waals surface area contributed by atoms with E-state index in [4.69, 9.17) is 0 Å². The molecule has 1 N–H and O–H groups in total. The summed E-state index contributed by atoms with van der Waals surface area (Å²) in [6.07, 6.45) is 0. The van der Waals surface area contributed by atoms with Gasteiger partial charge in [-0.2, -0.15) is 0 Å². The van der Waals surface area contributed by atoms with Crippen molar-refractivity contribution < 1.29 is 19.5 Å². The van der Waals surface area contributed by atoms with Gasteiger partial charge in [0.15, 0.2) is 5.37 Å². The van der Waals surface area contributed by atoms with Crippen molar-refractivity contribution in [3.63, 3.8) is 0 Å². The van der Waals surface area contributed by atoms with Gasteiger partial charge in [0, 0.05) is 5.69 Å². The Bertz CT molecular complexity index is 818. The van der Waals surface area contributed by atoms with Crippen LogP contribution in [0.15, 0.2) is 48.5 Å². The summed E-state index contributed by atoms with van der Waals surface area (Å²) in [6.45, 7) is 2.07. The Morgan fingerprint density at radius 2 is 1.76 bits per heavy atom. The van der Waals surface area contributed by atoms with E-state index in [2.05, 4.69) is 5.32 Å². The van der Waals surface area contributed by atoms with Crippen molar-refractivity contribution in [2.45, 2.75) is 18.8 Å². The molecule has 6 nitrogen and oxygen atoms in total. The fourth-order valence-corrected chi connectivity index (χ4v) is 3.32. The number of carbonyl (C=O) groups excluding carboxylic acids is 3. The first-order valence-electron chi connectivity index (χ1n) is 7.59. The molecule has 2 amide bonds. The van der Waals surface area contributed by atoms with Crippen LogP contribution in [0.25, 0.3) is 0 Å². The van der Waals surface area contributed by atoms with E-state index < -0.39 is 11.3 Å². The summed E-state index contributed by atoms with van der Waals surface area (Å²) < 4.78 is 0. The fraction of sp³-hybridized carbons (Fsp3) is 0.167. The summed E-state index contributed by atoms with van der Waals surface area (Å²) >= 11 is 0.930. The smallest absolute Gasteiger partial charge is 0.291 e. The highest BCUT2D eigenvalue weighted by atomic mass is 32.2. The van der Waals surface area contributed by atoms with E-state index in [1.165, 1.54) is 12.1 Å². The Kier molecular flexibility index (Phi) is 4.76. The number of carbonyl (C=O) groups is 3. The van der Waals surface area contributed by atoms with E-state index in [1.54, 1.807) is 12.1 Å². The van der Waals surface area contributed by atoms with Crippen LogP contribution < -0.4 is 10.4 Å². The molecule has 0 radical (unpaired) electrons. The van der Waals surface area contributed by atoms with Crippen molar-refractivity contribution in [2.24, 2.45) is 0 Å². The van der Waals surface area contributed by atoms with Crippen molar-refractivity contribution >= 4 is 34.6 Å². The number of hydrogen-bond acceptors (Lipinski definition) is 6. The van der Waals surface area contributed by atoms with Crippen molar-refractivity contribution in [3.8, 4) is 0 Å². The number of nitrogens with zero attached hydrogens (tertiary/aromatic N) is 1. The van der Waals surface area contributed by atoms with Crippen LogP contribution in [0.5, 0.6) is 0 Å². The Balaban J connectivity index is 1.68. The van der Waals surface area contributed by atoms with Crippen LogP contribution in [0.2, 0.25) is 0 Å². The summed E-state index contributed by atoms with van der Waals surface area (Å²) in [7, 11) is 0. The zero-order valence-electron chi connectivity index (χ0n) is 13.4. The standard InChI is InChI=1S/C18H16N2O4S/c1-11-2-8-14(9-3-11)19-15-16(21)20(18(24)25-15)10-12-4-6-13(7-5-12)17(22)23/h2-9,15,19H,10H2,1H3,(H,22,23)/p-1/t15-/m1/s1. The van der Waals surface area contributed by atoms with Crippen LogP contribution in [0.1, 0.15) is 21.5 Å². The van der Waals surface area contributed by atoms with Crippen LogP contribution in [-0.4, -0.2) is 27.4 Å². The number of anilines is 1. The number of aryl methyl sites for hydroxylation is 1. The second-order valence-corrected chi connectivity index (χ2v) is 6.74. The van der Waals surface area contributed by atoms with Gasteiger partial charge in [-0.3, -0.25) is 14.5 Å². The molecule has 7 heteroatoms. The molecule has 1 saturated heterocycles. The van der Waals surface area contributed by atoms with Gasteiger partial charge < -0.3 is 15.2 Å². The van der Waals surface area contributed by atoms with Gasteiger partial charge in [0.1, 0.15) is 0 Å². The SMILES string of the molecule is Cc1ccc(N[C@@H]2SC(=O)N(Cc3ccc(C(=O)[O-])cc3)C2=O)cc1. The molecule has 1 aliphatic rings. The Morgan fingerprint density at radius 1 is 1.12 bits per heavy atom. The first-order chi connectivity index (χ1) is 11.9. The lowest BCUT2D eigenvalue weighted by molar-refractivity contribution is -0.255. The number of hydrogen-bond donors (Lipinski definition) is 1. The van der Waals surface area contributed by atoms with Crippen LogP contribution in [0, 0.1) is 6.92 Å². The summed E-state index contributed by atoms with van der Waals surface area (Å²) in [6, 6.07) is 13.5. The monoisotopic (exact) mass is 355 g/mol. The van der Waals surface area contributed by atoms with E-state index in [9.17, 15) is 19.5 Å². The zero-order chi connectivity index (χ0) is 18.0. The first-order valence-corrected chi connectivity index (χ1v) is 8.47. The van der Waals surface area contributed by atoms with Crippen LogP contribution in [-0.2, 0) is 11.3 Å². The molecule has 1 aliphatic heterocycles. The molecule has 1 fully saturated rings. The van der Waals surface area contributed by atoms with Gasteiger partial charge in [-0.25, -0.2) is 0 Å². The normalized spacial score (nSPS) is 17.0. The molecule has 0 aromatic heterocycles. The lowest BCUT2D eigenvalue weighted by Crippen LogP contribution is -2.34. The fourth-order valence-electron chi connectivity index (χ4n) is 2.41. The number of carboxylic acid groups (broad SMARTS) is 1. The molecule has 1 heterocycles. The van der Waals surface area contributed by atoms with Gasteiger partial charge in [0.2, 0.25) is 0 Å². The van der Waals surface area contributed by atoms with Gasteiger partial charge in [-0.1, -0.05) is 42.0 Å². The number of amides is 2. The lowest BCUT2D eigenvalue weighted by Gasteiger charge is -2.15. The predicted octanol–water partition coefficient (Wildman–Crippen LogP) is 1.99. The molecule has 0 unspecified atom stereocenters. The van der Waals surface area contributed by atoms with Crippen LogP contribution in [0.3, 0.4) is 0 Å². The van der Waals surface area contributed by atoms with Gasteiger partial charge in [0.05, 0.1) is 12.5 Å². The maximum Gasteiger partial charge on any atom is 0.291 e. The lowest BCUT2D eigenvalue weighted by atomic mass is 10.1. The molecule has 2 aromatic carbocycles. The molecule has 0 aliphatic carbocycles. The number of rotatable bonds is 5. The van der Waals surface area contributed by atoms with E-state index in [0.29, 0.717) is 5.56 Å². The highest BCUT2D eigenvalue weighted by Crippen LogP contribution is 2.29. The minimum absolute atomic E-state index is 0.0520. The molecule has 128 valence electrons. The topological polar surface area (TPSA) is 89.5 Å². The predicted molar refractivity (Wildman–Crippen MR) is 92.9 cm³/mol. The number of thioether (sulfide) groups is 1. The van der Waals surface area contributed by atoms with Gasteiger partial charge in [-0.05, 0) is 41.9 Å². The largest absolute Gasteiger partial charge is 0.545 e. The highest BCUT2D eigenvalue weighted by molar-refractivity contribution is 8.15. The summed E-state index contributed by atoms with van der Waals surface area (Å²) in [5.41, 5.74) is 2.59. The van der Waals surface area contributed by atoms with Crippen LogP contribution in [0.4, 0.5) is 10.5 Å². The quantitative estimate of drug-likeness (QED) is 0.882. The molecule has 25 heavy (non-hydrogen) atoms. The maximum absolute atomic E-state index is 12.5. The molecule has 0 saturated carbocycles. The molecular weight excluding hydrogens is 340 g/mol. The minimum atomic E-state index is -1.27. The van der Waals surface area contributed by atoms with Crippen molar-refractivity contribution in [1.82, 2.24) is 4.90 Å². The number of aromatic carboxylic acids is 1. The number of imide groups is 1. The van der Waals surface area contributed by atoms with E-state index >= 15 is 0 Å². The first kappa shape index (κ1) is 17.0. The van der Waals surface area contributed by atoms with Crippen molar-refractivity contribution in [1.29, 1.82) is 0 Å². The third-order valence-electron chi connectivity index (χ3n) is 3.81. The number of carboxylic acids is 1. The number of nitrogens with one attached hydrogen (secondary N) is 1. The third-order valence-corrected chi connectivity index (χ3v) is 4.79. The molecule has 0 spiro atoms. The van der Waals surface area contributed by atoms with E-state index in [-0.39, 0.29) is 23.3 Å². The Labute approximate surface area is 148 Å². The Morgan fingerprint density at radius 3 is 2.36 bits per heavy atom. The maximum atomic E-state index is 12.5. The average molecular weight is 355 g/mol. The Hall–Kier alpha value is -2.80. The second-order valence-electron chi connectivity index (χ2n) is 5.68. The summed E-state index contributed by atoms with van der Waals surface area (Å²) in [5, 5.41) is 12.8. The molecule has 2 aromatic rings. The average Bonchev–Trinajstić information content (AvgIpc) is 2.85. The van der Waals surface area contributed by atoms with Crippen molar-refractivity contribution in [2.75, 3.05) is 5.32 Å². The summed E-state index contributed by atoms with van der Waals surface area (Å²) in [4.78, 5) is 36.5. The number of benzene rings is 2. The van der Waals surface area contributed by atoms with E-state index in [0.717, 1.165) is 27.9 Å². The van der Waals surface area contributed by atoms with Gasteiger partial charge >= 0.3 is 0 Å². The summed E-state index contributed by atoms with van der Waals surface area (Å²) in [5.74, 6) is -1.59. The third kappa shape index (κ3) is 3.83. The zero-order valence-corrected chi connectivity index (χ0v) is 14.2. The van der Waals surface area contributed by atoms with Crippen LogP contribution >= 0.6 is 11.8 Å². The highest BCUT2D eigenvalue weighted by Gasteiger charge is 2.39. The second kappa shape index (κ2) is 6.98. The molecule has 3 rings (SSSR count). The van der Waals surface area contributed by atoms with Crippen molar-refractivity contribution in [3.05, 3.63) is 65.2 Å². The van der Waals surface area contributed by atoms with Gasteiger partial charge in [-0.15, -0.1) is 0 Å². The minimum Gasteiger partial charge on any atom is -0.545 e. The van der Waals surface area contributed by atoms with Gasteiger partial charge in [0.25, 0.3) is 11.1 Å². The molecule has 1 atom stereocenters. The molecule has 0 bridgehead atoms. The van der Waals surface area contributed by atoms with E-state index in [1.807, 2.05) is 31.2 Å². The molecular formula is C18H15N2O4S-.